The van der Waals surface area contributed by atoms with E-state index in [2.05, 4.69) is 5.32 Å². The van der Waals surface area contributed by atoms with Crippen molar-refractivity contribution >= 4 is 40.4 Å². The molecule has 0 bridgehead atoms. The molecule has 0 unspecified atom stereocenters. The van der Waals surface area contributed by atoms with Crippen LogP contribution in [0.1, 0.15) is 11.1 Å². The number of hydrogen-bond acceptors (Lipinski definition) is 3. The quantitative estimate of drug-likeness (QED) is 0.636. The number of nitrogens with one attached hydrogen (secondary N) is 1. The Morgan fingerprint density at radius 1 is 0.786 bits per heavy atom. The van der Waals surface area contributed by atoms with Gasteiger partial charge in [-0.3, -0.25) is 9.59 Å². The van der Waals surface area contributed by atoms with Crippen molar-refractivity contribution in [1.82, 2.24) is 0 Å². The molecule has 1 aliphatic heterocycles. The van der Waals surface area contributed by atoms with Crippen molar-refractivity contribution in [3.05, 3.63) is 101 Å². The maximum atomic E-state index is 13.3. The Hall–Kier alpha value is -3.37. The van der Waals surface area contributed by atoms with Gasteiger partial charge in [0, 0.05) is 10.7 Å². The Kier molecular flexibility index (Phi) is 4.72. The highest BCUT2D eigenvalue weighted by Crippen LogP contribution is 2.34. The van der Waals surface area contributed by atoms with E-state index in [0.717, 1.165) is 5.56 Å². The molecular weight excluding hydrogens is 372 g/mol. The summed E-state index contributed by atoms with van der Waals surface area (Å²) >= 11 is 6.22. The molecule has 1 aliphatic rings. The summed E-state index contributed by atoms with van der Waals surface area (Å²) in [6.45, 7) is 1.86. The number of carbonyl (C=O) groups is 2. The minimum atomic E-state index is -0.394. The summed E-state index contributed by atoms with van der Waals surface area (Å²) in [7, 11) is 0. The number of halogens is 1. The number of carbonyl (C=O) groups excluding carboxylic acids is 2. The second-order valence-corrected chi connectivity index (χ2v) is 6.84. The lowest BCUT2D eigenvalue weighted by Crippen LogP contribution is -2.32. The first-order valence-electron chi connectivity index (χ1n) is 8.83. The highest BCUT2D eigenvalue weighted by molar-refractivity contribution is 6.46. The number of para-hydroxylation sites is 1. The van der Waals surface area contributed by atoms with E-state index in [9.17, 15) is 9.59 Å². The topological polar surface area (TPSA) is 49.4 Å². The van der Waals surface area contributed by atoms with Crippen molar-refractivity contribution < 1.29 is 9.59 Å². The molecule has 28 heavy (non-hydrogen) atoms. The molecule has 0 fully saturated rings. The number of amides is 2. The first kappa shape index (κ1) is 18.0. The molecule has 4 rings (SSSR count). The minimum absolute atomic E-state index is 0.241. The van der Waals surface area contributed by atoms with Crippen LogP contribution in [0.25, 0.3) is 5.57 Å². The molecule has 3 aromatic rings. The van der Waals surface area contributed by atoms with Crippen LogP contribution in [-0.4, -0.2) is 11.8 Å². The van der Waals surface area contributed by atoms with Crippen molar-refractivity contribution in [2.75, 3.05) is 10.2 Å². The predicted octanol–water partition coefficient (Wildman–Crippen LogP) is 5.05. The molecule has 4 nitrogen and oxygen atoms in total. The molecule has 0 saturated carbocycles. The lowest BCUT2D eigenvalue weighted by Gasteiger charge is -2.15. The largest absolute Gasteiger partial charge is 0.350 e. The summed E-state index contributed by atoms with van der Waals surface area (Å²) in [4.78, 5) is 27.7. The molecule has 0 spiro atoms. The second-order valence-electron chi connectivity index (χ2n) is 6.43. The summed E-state index contributed by atoms with van der Waals surface area (Å²) in [6.07, 6.45) is 0. The van der Waals surface area contributed by atoms with Crippen molar-refractivity contribution in [1.29, 1.82) is 0 Å². The third-order valence-corrected chi connectivity index (χ3v) is 5.10. The highest BCUT2D eigenvalue weighted by Gasteiger charge is 2.40. The Morgan fingerprint density at radius 2 is 1.43 bits per heavy atom. The van der Waals surface area contributed by atoms with Gasteiger partial charge in [0.25, 0.3) is 11.8 Å². The van der Waals surface area contributed by atoms with E-state index in [1.807, 2.05) is 49.4 Å². The van der Waals surface area contributed by atoms with Crippen LogP contribution >= 0.6 is 11.6 Å². The zero-order valence-corrected chi connectivity index (χ0v) is 15.9. The Labute approximate surface area is 168 Å². The monoisotopic (exact) mass is 388 g/mol. The molecule has 3 aromatic carbocycles. The predicted molar refractivity (Wildman–Crippen MR) is 112 cm³/mol. The molecule has 5 heteroatoms. The maximum Gasteiger partial charge on any atom is 0.282 e. The first-order valence-corrected chi connectivity index (χ1v) is 9.21. The Bertz CT molecular complexity index is 1090. The number of hydrogen-bond donors (Lipinski definition) is 1. The first-order chi connectivity index (χ1) is 13.6. The lowest BCUT2D eigenvalue weighted by atomic mass is 10.0. The molecule has 0 radical (unpaired) electrons. The van der Waals surface area contributed by atoms with Crippen molar-refractivity contribution in [3.63, 3.8) is 0 Å². The summed E-state index contributed by atoms with van der Waals surface area (Å²) in [5, 5.41) is 3.75. The van der Waals surface area contributed by atoms with Crippen LogP contribution in [0.5, 0.6) is 0 Å². The Balaban J connectivity index is 1.85. The fourth-order valence-corrected chi connectivity index (χ4v) is 3.38. The molecular formula is C23H17ClN2O2. The average Bonchev–Trinajstić information content (AvgIpc) is 2.96. The van der Waals surface area contributed by atoms with E-state index in [-0.39, 0.29) is 11.6 Å². The van der Waals surface area contributed by atoms with E-state index in [4.69, 9.17) is 11.6 Å². The number of nitrogens with zero attached hydrogens (tertiary/aromatic N) is 1. The highest BCUT2D eigenvalue weighted by atomic mass is 35.5. The fraction of sp³-hybridized carbons (Fsp3) is 0.0435. The van der Waals surface area contributed by atoms with Gasteiger partial charge >= 0.3 is 0 Å². The van der Waals surface area contributed by atoms with Gasteiger partial charge in [-0.15, -0.1) is 0 Å². The zero-order valence-electron chi connectivity index (χ0n) is 15.1. The van der Waals surface area contributed by atoms with Crippen molar-refractivity contribution in [3.8, 4) is 0 Å². The number of anilines is 2. The van der Waals surface area contributed by atoms with E-state index >= 15 is 0 Å². The van der Waals surface area contributed by atoms with Gasteiger partial charge in [-0.1, -0.05) is 66.2 Å². The molecule has 1 heterocycles. The smallest absolute Gasteiger partial charge is 0.282 e. The number of rotatable bonds is 4. The van der Waals surface area contributed by atoms with E-state index < -0.39 is 5.91 Å². The van der Waals surface area contributed by atoms with Crippen LogP contribution < -0.4 is 10.2 Å². The van der Waals surface area contributed by atoms with Crippen LogP contribution in [-0.2, 0) is 9.59 Å². The van der Waals surface area contributed by atoms with Crippen LogP contribution in [0.4, 0.5) is 11.4 Å². The molecule has 0 aliphatic carbocycles. The standard InChI is InChI=1S/C23H17ClN2O2/c1-15-18(24)13-8-14-19(15)25-21-20(16-9-4-2-5-10-16)22(27)26(23(21)28)17-11-6-3-7-12-17/h2-14,25H,1H3. The van der Waals surface area contributed by atoms with Crippen LogP contribution in [0.2, 0.25) is 5.02 Å². The molecule has 2 amide bonds. The molecule has 0 saturated heterocycles. The maximum absolute atomic E-state index is 13.3. The fourth-order valence-electron chi connectivity index (χ4n) is 3.21. The SMILES string of the molecule is Cc1c(Cl)cccc1NC1=C(c2ccccc2)C(=O)N(c2ccccc2)C1=O. The minimum Gasteiger partial charge on any atom is -0.350 e. The molecule has 0 aromatic heterocycles. The van der Waals surface area contributed by atoms with Crippen molar-refractivity contribution in [2.24, 2.45) is 0 Å². The summed E-state index contributed by atoms with van der Waals surface area (Å²) in [5.74, 6) is -0.751. The van der Waals surface area contributed by atoms with Gasteiger partial charge < -0.3 is 5.32 Å². The van der Waals surface area contributed by atoms with Crippen LogP contribution in [0, 0.1) is 6.92 Å². The van der Waals surface area contributed by atoms with Crippen LogP contribution in [0.15, 0.2) is 84.6 Å². The third-order valence-electron chi connectivity index (χ3n) is 4.69. The Morgan fingerprint density at radius 3 is 2.11 bits per heavy atom. The number of benzene rings is 3. The third kappa shape index (κ3) is 3.08. The van der Waals surface area contributed by atoms with Gasteiger partial charge in [0.2, 0.25) is 0 Å². The summed E-state index contributed by atoms with van der Waals surface area (Å²) in [5.41, 5.74) is 3.29. The van der Waals surface area contributed by atoms with Gasteiger partial charge in [0.05, 0.1) is 11.3 Å². The van der Waals surface area contributed by atoms with Gasteiger partial charge in [0.15, 0.2) is 0 Å². The van der Waals surface area contributed by atoms with E-state index in [0.29, 0.717) is 27.5 Å². The zero-order chi connectivity index (χ0) is 19.7. The van der Waals surface area contributed by atoms with Gasteiger partial charge in [-0.2, -0.15) is 0 Å². The van der Waals surface area contributed by atoms with Gasteiger partial charge in [-0.25, -0.2) is 4.90 Å². The van der Waals surface area contributed by atoms with Crippen LogP contribution in [0.3, 0.4) is 0 Å². The molecule has 138 valence electrons. The normalized spacial score (nSPS) is 14.0. The number of imide groups is 1. The summed E-state index contributed by atoms with van der Waals surface area (Å²) < 4.78 is 0. The van der Waals surface area contributed by atoms with Crippen molar-refractivity contribution in [2.45, 2.75) is 6.92 Å². The van der Waals surface area contributed by atoms with E-state index in [1.165, 1.54) is 4.90 Å². The van der Waals surface area contributed by atoms with Gasteiger partial charge in [0.1, 0.15) is 5.70 Å². The average molecular weight is 389 g/mol. The molecule has 0 atom stereocenters. The van der Waals surface area contributed by atoms with E-state index in [1.54, 1.807) is 36.4 Å². The second kappa shape index (κ2) is 7.33. The van der Waals surface area contributed by atoms with Gasteiger partial charge in [-0.05, 0) is 42.3 Å². The summed E-state index contributed by atoms with van der Waals surface area (Å²) in [6, 6.07) is 23.5. The lowest BCUT2D eigenvalue weighted by molar-refractivity contribution is -0.120. The molecule has 1 N–H and O–H groups in total.